The van der Waals surface area contributed by atoms with Crippen LogP contribution in [0.3, 0.4) is 0 Å². The Morgan fingerprint density at radius 3 is 2.33 bits per heavy atom. The minimum atomic E-state index is 0.256. The molecule has 118 valence electrons. The van der Waals surface area contributed by atoms with Crippen LogP contribution in [0.25, 0.3) is 0 Å². The summed E-state index contributed by atoms with van der Waals surface area (Å²) in [6, 6.07) is 7.86. The summed E-state index contributed by atoms with van der Waals surface area (Å²) in [6.45, 7) is 10.4. The van der Waals surface area contributed by atoms with Gasteiger partial charge in [-0.25, -0.2) is 0 Å². The number of benzene rings is 1. The Labute approximate surface area is 129 Å². The molecule has 0 unspecified atom stereocenters. The summed E-state index contributed by atoms with van der Waals surface area (Å²) in [5.74, 6) is 0.882. The predicted molar refractivity (Wildman–Crippen MR) is 90.0 cm³/mol. The van der Waals surface area contributed by atoms with Crippen molar-refractivity contribution in [1.29, 1.82) is 0 Å². The summed E-state index contributed by atoms with van der Waals surface area (Å²) in [5, 5.41) is 0. The number of carbonyl (C=O) groups is 1. The summed E-state index contributed by atoms with van der Waals surface area (Å²) in [4.78, 5) is 17.0. The van der Waals surface area contributed by atoms with Crippen molar-refractivity contribution in [2.24, 2.45) is 5.92 Å². The van der Waals surface area contributed by atoms with Gasteiger partial charge in [-0.2, -0.15) is 0 Å². The first-order valence-electron chi connectivity index (χ1n) is 7.86. The third-order valence-corrected chi connectivity index (χ3v) is 3.59. The summed E-state index contributed by atoms with van der Waals surface area (Å²) >= 11 is 0. The average Bonchev–Trinajstić information content (AvgIpc) is 2.41. The molecule has 1 aromatic rings. The standard InChI is InChI=1S/C18H30N2O/c1-15(2)14-20(13-12-19(4)5)11-10-18(21)17-9-7-6-8-16(17)3/h6-9,15H,10-14H2,1-5H3. The predicted octanol–water partition coefficient (Wildman–Crippen LogP) is 3.09. The van der Waals surface area contributed by atoms with E-state index in [0.717, 1.165) is 37.3 Å². The van der Waals surface area contributed by atoms with Crippen molar-refractivity contribution < 1.29 is 4.79 Å². The molecule has 0 aliphatic heterocycles. The van der Waals surface area contributed by atoms with E-state index in [4.69, 9.17) is 0 Å². The molecule has 0 radical (unpaired) electrons. The maximum absolute atomic E-state index is 12.4. The van der Waals surface area contributed by atoms with E-state index in [1.165, 1.54) is 0 Å². The fraction of sp³-hybridized carbons (Fsp3) is 0.611. The van der Waals surface area contributed by atoms with Crippen LogP contribution in [-0.2, 0) is 0 Å². The molecule has 3 heteroatoms. The Bertz CT molecular complexity index is 441. The molecule has 21 heavy (non-hydrogen) atoms. The van der Waals surface area contributed by atoms with E-state index in [-0.39, 0.29) is 5.78 Å². The number of nitrogens with zero attached hydrogens (tertiary/aromatic N) is 2. The molecule has 0 saturated carbocycles. The zero-order chi connectivity index (χ0) is 15.8. The molecule has 0 aromatic heterocycles. The van der Waals surface area contributed by atoms with E-state index >= 15 is 0 Å². The molecule has 0 heterocycles. The van der Waals surface area contributed by atoms with Crippen LogP contribution >= 0.6 is 0 Å². The van der Waals surface area contributed by atoms with Crippen molar-refractivity contribution in [1.82, 2.24) is 9.80 Å². The van der Waals surface area contributed by atoms with Gasteiger partial charge in [-0.05, 0) is 32.5 Å². The van der Waals surface area contributed by atoms with Crippen molar-refractivity contribution in [3.63, 3.8) is 0 Å². The molecular formula is C18H30N2O. The quantitative estimate of drug-likeness (QED) is 0.653. The first kappa shape index (κ1) is 17.9. The summed E-state index contributed by atoms with van der Waals surface area (Å²) in [5.41, 5.74) is 1.95. The fourth-order valence-corrected chi connectivity index (χ4v) is 2.43. The molecule has 1 rings (SSSR count). The third-order valence-electron chi connectivity index (χ3n) is 3.59. The highest BCUT2D eigenvalue weighted by Gasteiger charge is 2.13. The van der Waals surface area contributed by atoms with E-state index in [9.17, 15) is 4.79 Å². The fourth-order valence-electron chi connectivity index (χ4n) is 2.43. The normalized spacial score (nSPS) is 11.6. The number of rotatable bonds is 9. The van der Waals surface area contributed by atoms with Gasteiger partial charge in [-0.1, -0.05) is 38.1 Å². The average molecular weight is 290 g/mol. The van der Waals surface area contributed by atoms with E-state index in [2.05, 4.69) is 37.7 Å². The van der Waals surface area contributed by atoms with Crippen LogP contribution in [0.2, 0.25) is 0 Å². The zero-order valence-corrected chi connectivity index (χ0v) is 14.2. The second kappa shape index (κ2) is 8.96. The number of carbonyl (C=O) groups excluding carboxylic acids is 1. The molecule has 0 spiro atoms. The Kier molecular flexibility index (Phi) is 7.62. The van der Waals surface area contributed by atoms with Crippen LogP contribution in [0.5, 0.6) is 0 Å². The van der Waals surface area contributed by atoms with Gasteiger partial charge in [-0.3, -0.25) is 4.79 Å². The van der Waals surface area contributed by atoms with Gasteiger partial charge in [-0.15, -0.1) is 0 Å². The van der Waals surface area contributed by atoms with Gasteiger partial charge >= 0.3 is 0 Å². The molecule has 0 fully saturated rings. The first-order chi connectivity index (χ1) is 9.90. The molecule has 3 nitrogen and oxygen atoms in total. The number of likely N-dealkylation sites (N-methyl/N-ethyl adjacent to an activating group) is 1. The third kappa shape index (κ3) is 6.87. The molecule has 1 aromatic carbocycles. The van der Waals surface area contributed by atoms with Gasteiger partial charge in [0.1, 0.15) is 0 Å². The van der Waals surface area contributed by atoms with Gasteiger partial charge in [0, 0.05) is 38.2 Å². The Balaban J connectivity index is 2.55. The van der Waals surface area contributed by atoms with Crippen LogP contribution < -0.4 is 0 Å². The molecule has 0 aliphatic carbocycles. The number of hydrogen-bond donors (Lipinski definition) is 0. The van der Waals surface area contributed by atoms with Gasteiger partial charge in [0.25, 0.3) is 0 Å². The van der Waals surface area contributed by atoms with Crippen LogP contribution in [0.4, 0.5) is 0 Å². The van der Waals surface area contributed by atoms with Gasteiger partial charge in [0.05, 0.1) is 0 Å². The topological polar surface area (TPSA) is 23.6 Å². The van der Waals surface area contributed by atoms with E-state index < -0.39 is 0 Å². The molecule has 0 amide bonds. The second-order valence-corrected chi connectivity index (χ2v) is 6.49. The zero-order valence-electron chi connectivity index (χ0n) is 14.2. The lowest BCUT2D eigenvalue weighted by Gasteiger charge is -2.25. The summed E-state index contributed by atoms with van der Waals surface area (Å²) in [7, 11) is 4.18. The van der Waals surface area contributed by atoms with Crippen molar-refractivity contribution in [2.45, 2.75) is 27.2 Å². The van der Waals surface area contributed by atoms with Crippen LogP contribution in [0.15, 0.2) is 24.3 Å². The maximum atomic E-state index is 12.4. The van der Waals surface area contributed by atoms with Crippen molar-refractivity contribution in [3.8, 4) is 0 Å². The number of hydrogen-bond acceptors (Lipinski definition) is 3. The Morgan fingerprint density at radius 2 is 1.76 bits per heavy atom. The summed E-state index contributed by atoms with van der Waals surface area (Å²) < 4.78 is 0. The molecule has 0 N–H and O–H groups in total. The van der Waals surface area contributed by atoms with Crippen molar-refractivity contribution in [2.75, 3.05) is 40.3 Å². The van der Waals surface area contributed by atoms with E-state index in [1.54, 1.807) is 0 Å². The highest BCUT2D eigenvalue weighted by molar-refractivity contribution is 5.97. The Morgan fingerprint density at radius 1 is 1.10 bits per heavy atom. The number of aryl methyl sites for hydroxylation is 1. The molecular weight excluding hydrogens is 260 g/mol. The lowest BCUT2D eigenvalue weighted by molar-refractivity contribution is 0.0958. The molecule has 0 saturated heterocycles. The second-order valence-electron chi connectivity index (χ2n) is 6.49. The summed E-state index contributed by atoms with van der Waals surface area (Å²) in [6.07, 6.45) is 0.602. The molecule has 0 atom stereocenters. The van der Waals surface area contributed by atoms with Crippen molar-refractivity contribution >= 4 is 5.78 Å². The highest BCUT2D eigenvalue weighted by atomic mass is 16.1. The first-order valence-corrected chi connectivity index (χ1v) is 7.86. The van der Waals surface area contributed by atoms with Gasteiger partial charge < -0.3 is 9.80 Å². The largest absolute Gasteiger partial charge is 0.308 e. The lowest BCUT2D eigenvalue weighted by atomic mass is 10.0. The van der Waals surface area contributed by atoms with Gasteiger partial charge in [0.2, 0.25) is 0 Å². The molecule has 0 aliphatic rings. The number of ketones is 1. The smallest absolute Gasteiger partial charge is 0.164 e. The minimum absolute atomic E-state index is 0.256. The monoisotopic (exact) mass is 290 g/mol. The maximum Gasteiger partial charge on any atom is 0.164 e. The highest BCUT2D eigenvalue weighted by Crippen LogP contribution is 2.11. The SMILES string of the molecule is Cc1ccccc1C(=O)CCN(CCN(C)C)CC(C)C. The van der Waals surface area contributed by atoms with Gasteiger partial charge in [0.15, 0.2) is 5.78 Å². The lowest BCUT2D eigenvalue weighted by Crippen LogP contribution is -2.35. The number of Topliss-reactive ketones (excluding diaryl/α,β-unsaturated/α-hetero) is 1. The van der Waals surface area contributed by atoms with Crippen LogP contribution in [-0.4, -0.2) is 55.9 Å². The minimum Gasteiger partial charge on any atom is -0.308 e. The van der Waals surface area contributed by atoms with Crippen LogP contribution in [0, 0.1) is 12.8 Å². The molecule has 0 bridgehead atoms. The van der Waals surface area contributed by atoms with E-state index in [1.807, 2.05) is 31.2 Å². The van der Waals surface area contributed by atoms with Crippen LogP contribution in [0.1, 0.15) is 36.2 Å². The van der Waals surface area contributed by atoms with E-state index in [0.29, 0.717) is 12.3 Å². The Hall–Kier alpha value is -1.19. The van der Waals surface area contributed by atoms with Crippen molar-refractivity contribution in [3.05, 3.63) is 35.4 Å².